The highest BCUT2D eigenvalue weighted by Crippen LogP contribution is 2.65. The molecule has 0 saturated heterocycles. The van der Waals surface area contributed by atoms with E-state index in [2.05, 4.69) is 217 Å². The molecule has 0 aliphatic heterocycles. The Morgan fingerprint density at radius 3 is 1.62 bits per heavy atom. The van der Waals surface area contributed by atoms with Crippen LogP contribution in [0.25, 0.3) is 133 Å². The van der Waals surface area contributed by atoms with E-state index in [1.54, 1.807) is 0 Å². The lowest BCUT2D eigenvalue weighted by Gasteiger charge is -2.30. The Hall–Kier alpha value is -10.2. The minimum atomic E-state index is -0.526. The topological polar surface area (TPSA) is 61.7 Å². The molecule has 4 aromatic heterocycles. The third kappa shape index (κ3) is 5.38. The predicted octanol–water partition coefficient (Wildman–Crippen LogP) is 17.9. The summed E-state index contributed by atoms with van der Waals surface area (Å²) >= 11 is 0. The summed E-state index contributed by atoms with van der Waals surface area (Å²) in [6.07, 6.45) is 0. The first-order chi connectivity index (χ1) is 39.0. The van der Waals surface area contributed by atoms with E-state index >= 15 is 0 Å². The van der Waals surface area contributed by atoms with Crippen molar-refractivity contribution in [2.24, 2.45) is 0 Å². The highest BCUT2D eigenvalue weighted by atomic mass is 16.3. The van der Waals surface area contributed by atoms with Gasteiger partial charge in [0.1, 0.15) is 11.2 Å². The highest BCUT2D eigenvalue weighted by molar-refractivity contribution is 6.20. The van der Waals surface area contributed by atoms with Gasteiger partial charge in [-0.15, -0.1) is 0 Å². The zero-order valence-electron chi connectivity index (χ0n) is 43.2. The van der Waals surface area contributed by atoms with Gasteiger partial charge in [-0.1, -0.05) is 220 Å². The lowest BCUT2D eigenvalue weighted by molar-refractivity contribution is 0.666. The predicted molar refractivity (Wildman–Crippen MR) is 321 cm³/mol. The van der Waals surface area contributed by atoms with Crippen molar-refractivity contribution in [2.45, 2.75) is 24.7 Å². The van der Waals surface area contributed by atoms with E-state index in [9.17, 15) is 0 Å². The minimum Gasteiger partial charge on any atom is -0.456 e. The Bertz CT molecular complexity index is 5130. The van der Waals surface area contributed by atoms with Crippen molar-refractivity contribution in [1.82, 2.24) is 24.1 Å². The maximum absolute atomic E-state index is 6.44. The summed E-state index contributed by atoms with van der Waals surface area (Å²) in [6, 6.07) is 86.2. The zero-order chi connectivity index (χ0) is 51.9. The number of hydrogen-bond acceptors (Lipinski definition) is 4. The molecule has 6 heteroatoms. The summed E-state index contributed by atoms with van der Waals surface area (Å²) in [6.45, 7) is 4.87. The molecule has 0 atom stereocenters. The molecule has 4 heterocycles. The fraction of sp³-hybridized carbons (Fsp3) is 0.0548. The molecule has 0 bridgehead atoms. The van der Waals surface area contributed by atoms with Crippen LogP contribution in [-0.2, 0) is 10.8 Å². The van der Waals surface area contributed by atoms with Crippen LogP contribution in [0, 0.1) is 0 Å². The monoisotopic (exact) mass is 1010 g/mol. The van der Waals surface area contributed by atoms with Gasteiger partial charge >= 0.3 is 0 Å². The summed E-state index contributed by atoms with van der Waals surface area (Å²) in [5.74, 6) is 1.74. The molecule has 11 aromatic carbocycles. The van der Waals surface area contributed by atoms with Crippen LogP contribution in [0.4, 0.5) is 0 Å². The Kier molecular flexibility index (Phi) is 8.31. The Morgan fingerprint density at radius 2 is 0.886 bits per heavy atom. The molecule has 0 amide bonds. The molecular formula is C73H45N5O. The number of aromatic nitrogens is 5. The molecule has 79 heavy (non-hydrogen) atoms. The van der Waals surface area contributed by atoms with Crippen LogP contribution in [-0.4, -0.2) is 24.1 Å². The number of fused-ring (bicyclic) bond motifs is 25. The fourth-order valence-corrected chi connectivity index (χ4v) is 15.0. The normalized spacial score (nSPS) is 14.2. The Morgan fingerprint density at radius 1 is 0.354 bits per heavy atom. The van der Waals surface area contributed by atoms with Gasteiger partial charge in [0, 0.05) is 60.1 Å². The number of hydrogen-bond donors (Lipinski definition) is 0. The first-order valence-electron chi connectivity index (χ1n) is 27.3. The van der Waals surface area contributed by atoms with Crippen LogP contribution < -0.4 is 0 Å². The van der Waals surface area contributed by atoms with Crippen molar-refractivity contribution in [3.05, 3.63) is 270 Å². The first kappa shape index (κ1) is 43.0. The lowest BCUT2D eigenvalue weighted by Crippen LogP contribution is -2.25. The maximum Gasteiger partial charge on any atom is 0.238 e. The van der Waals surface area contributed by atoms with Crippen LogP contribution in [0.5, 0.6) is 0 Å². The Balaban J connectivity index is 0.936. The molecule has 18 rings (SSSR count). The SMILES string of the molecule is CC1(C)c2c(ccc3c4ccccc4n(-c4nc(-c5ccccc5)nc(-c5cccc6oc7ccccc7c56)n4)c23)-c2ccc3c4ccc5c(c4n(-c4ccccc4)c3c21)-c1ccccc1C51c2ccccc2-c2ccccc21. The van der Waals surface area contributed by atoms with Gasteiger partial charge < -0.3 is 8.98 Å². The first-order valence-corrected chi connectivity index (χ1v) is 27.3. The quantitative estimate of drug-likeness (QED) is 0.176. The van der Waals surface area contributed by atoms with Crippen LogP contribution >= 0.6 is 0 Å². The van der Waals surface area contributed by atoms with Crippen molar-refractivity contribution in [3.63, 3.8) is 0 Å². The van der Waals surface area contributed by atoms with E-state index < -0.39 is 10.8 Å². The van der Waals surface area contributed by atoms with E-state index in [-0.39, 0.29) is 0 Å². The van der Waals surface area contributed by atoms with Crippen LogP contribution in [0.15, 0.2) is 241 Å². The number of furan rings is 1. The number of benzene rings is 11. The van der Waals surface area contributed by atoms with Gasteiger partial charge in [0.2, 0.25) is 5.95 Å². The smallest absolute Gasteiger partial charge is 0.238 e. The van der Waals surface area contributed by atoms with E-state index in [4.69, 9.17) is 19.4 Å². The van der Waals surface area contributed by atoms with Crippen LogP contribution in [0.1, 0.15) is 47.2 Å². The summed E-state index contributed by atoms with van der Waals surface area (Å²) in [7, 11) is 0. The summed E-state index contributed by atoms with van der Waals surface area (Å²) in [5.41, 5.74) is 23.6. The number of para-hydroxylation sites is 3. The second-order valence-corrected chi connectivity index (χ2v) is 22.1. The van der Waals surface area contributed by atoms with Gasteiger partial charge in [0.25, 0.3) is 0 Å². The van der Waals surface area contributed by atoms with Crippen molar-refractivity contribution in [1.29, 1.82) is 0 Å². The molecule has 3 aliphatic rings. The summed E-state index contributed by atoms with van der Waals surface area (Å²) in [5, 5.41) is 6.77. The third-order valence-electron chi connectivity index (χ3n) is 17.9. The third-order valence-corrected chi connectivity index (χ3v) is 17.9. The van der Waals surface area contributed by atoms with E-state index in [0.717, 1.165) is 60.6 Å². The second kappa shape index (κ2) is 15.3. The lowest BCUT2D eigenvalue weighted by atomic mass is 9.70. The molecule has 0 unspecified atom stereocenters. The van der Waals surface area contributed by atoms with Gasteiger partial charge in [0.15, 0.2) is 11.6 Å². The van der Waals surface area contributed by atoms with Crippen molar-refractivity contribution in [2.75, 3.05) is 0 Å². The van der Waals surface area contributed by atoms with Gasteiger partial charge in [0.05, 0.1) is 27.5 Å². The van der Waals surface area contributed by atoms with E-state index in [1.165, 1.54) is 88.6 Å². The largest absolute Gasteiger partial charge is 0.456 e. The van der Waals surface area contributed by atoms with Gasteiger partial charge in [-0.2, -0.15) is 9.97 Å². The van der Waals surface area contributed by atoms with Crippen LogP contribution in [0.2, 0.25) is 0 Å². The van der Waals surface area contributed by atoms with Crippen molar-refractivity contribution < 1.29 is 4.42 Å². The maximum atomic E-state index is 6.44. The number of nitrogens with zero attached hydrogens (tertiary/aromatic N) is 5. The summed E-state index contributed by atoms with van der Waals surface area (Å²) in [4.78, 5) is 16.4. The molecular weight excluding hydrogens is 963 g/mol. The molecule has 0 N–H and O–H groups in total. The molecule has 6 nitrogen and oxygen atoms in total. The molecule has 3 aliphatic carbocycles. The van der Waals surface area contributed by atoms with Crippen LogP contribution in [0.3, 0.4) is 0 Å². The highest BCUT2D eigenvalue weighted by Gasteiger charge is 2.52. The number of rotatable bonds is 4. The van der Waals surface area contributed by atoms with Crippen molar-refractivity contribution in [3.8, 4) is 67.8 Å². The molecule has 368 valence electrons. The molecule has 0 saturated carbocycles. The fourth-order valence-electron chi connectivity index (χ4n) is 15.0. The minimum absolute atomic E-state index is 0.476. The average Bonchev–Trinajstić information content (AvgIpc) is 3.15. The molecule has 1 spiro atoms. The van der Waals surface area contributed by atoms with E-state index in [0.29, 0.717) is 17.6 Å². The molecule has 15 aromatic rings. The summed E-state index contributed by atoms with van der Waals surface area (Å²) < 4.78 is 11.4. The van der Waals surface area contributed by atoms with Gasteiger partial charge in [-0.3, -0.25) is 4.57 Å². The Labute approximate surface area is 454 Å². The molecule has 0 fully saturated rings. The van der Waals surface area contributed by atoms with Gasteiger partial charge in [-0.25, -0.2) is 4.98 Å². The zero-order valence-corrected chi connectivity index (χ0v) is 43.2. The van der Waals surface area contributed by atoms with Gasteiger partial charge in [-0.05, 0) is 91.5 Å². The second-order valence-electron chi connectivity index (χ2n) is 22.1. The average molecular weight is 1010 g/mol. The molecule has 0 radical (unpaired) electrons. The van der Waals surface area contributed by atoms with E-state index in [1.807, 2.05) is 42.5 Å². The van der Waals surface area contributed by atoms with Crippen molar-refractivity contribution >= 4 is 65.6 Å². The standard InChI is InChI=1S/C73H45N5O/c1-72(2)64-47(37-39-51-50-40-41-58-63(66(50)77(67(51)64)43-22-7-4-8-23-43)52-27-11-16-32-57(52)73(58)55-30-14-9-24-44(55)45-25-10-15-31-56(45)73)48-36-38-49-46-26-12-17-33-59(46)78(68(49)65(48)72)71-75-69(42-20-5-3-6-21-42)74-70(76-71)54-29-19-35-61-62(54)53-28-13-18-34-60(53)79-61/h3-41H,1-2H3.